The van der Waals surface area contributed by atoms with Crippen LogP contribution in [-0.4, -0.2) is 15.9 Å². The molecule has 0 saturated heterocycles. The standard InChI is InChI=1S/C14H14F3N3O2S/c1-3-9(13-20-10(6-23-13)14(15,16)17)19-12(22)8-5-4-7(2)18-11(8)21/h4-6,9H,3H2,1-2H3,(H,18,21)(H,19,22)/t9-/m0/s1. The number of rotatable bonds is 4. The first kappa shape index (κ1) is 17.2. The lowest BCUT2D eigenvalue weighted by Crippen LogP contribution is -2.32. The van der Waals surface area contributed by atoms with Crippen molar-refractivity contribution in [2.24, 2.45) is 0 Å². The van der Waals surface area contributed by atoms with Crippen LogP contribution in [0, 0.1) is 6.92 Å². The number of nitrogens with one attached hydrogen (secondary N) is 2. The Morgan fingerprint density at radius 2 is 2.13 bits per heavy atom. The van der Waals surface area contributed by atoms with Crippen LogP contribution in [0.3, 0.4) is 0 Å². The van der Waals surface area contributed by atoms with E-state index in [1.54, 1.807) is 19.9 Å². The second-order valence-corrected chi connectivity index (χ2v) is 5.78. The van der Waals surface area contributed by atoms with Crippen molar-refractivity contribution in [3.05, 3.63) is 49.8 Å². The van der Waals surface area contributed by atoms with Crippen LogP contribution in [0.1, 0.15) is 46.1 Å². The van der Waals surface area contributed by atoms with Gasteiger partial charge in [0.2, 0.25) is 0 Å². The Balaban J connectivity index is 2.20. The number of aromatic nitrogens is 2. The minimum atomic E-state index is -4.52. The molecular formula is C14H14F3N3O2S. The predicted octanol–water partition coefficient (Wildman–Crippen LogP) is 3.04. The lowest BCUT2D eigenvalue weighted by molar-refractivity contribution is -0.140. The Kier molecular flexibility index (Phi) is 4.88. The summed E-state index contributed by atoms with van der Waals surface area (Å²) < 4.78 is 37.8. The molecule has 0 unspecified atom stereocenters. The van der Waals surface area contributed by atoms with Gasteiger partial charge in [0.1, 0.15) is 10.6 Å². The van der Waals surface area contributed by atoms with Gasteiger partial charge in [0.05, 0.1) is 6.04 Å². The first-order chi connectivity index (χ1) is 10.7. The summed E-state index contributed by atoms with van der Waals surface area (Å²) in [5, 5.41) is 3.60. The summed E-state index contributed by atoms with van der Waals surface area (Å²) in [6.07, 6.45) is -4.18. The second kappa shape index (κ2) is 6.53. The molecule has 0 radical (unpaired) electrons. The highest BCUT2D eigenvalue weighted by Gasteiger charge is 2.34. The average Bonchev–Trinajstić information content (AvgIpc) is 2.94. The molecule has 2 rings (SSSR count). The highest BCUT2D eigenvalue weighted by atomic mass is 32.1. The van der Waals surface area contributed by atoms with Crippen LogP contribution in [0.5, 0.6) is 0 Å². The topological polar surface area (TPSA) is 74.8 Å². The maximum atomic E-state index is 12.6. The number of pyridine rings is 1. The first-order valence-corrected chi connectivity index (χ1v) is 7.63. The molecule has 2 aromatic rings. The molecule has 9 heteroatoms. The van der Waals surface area contributed by atoms with Crippen molar-refractivity contribution in [2.75, 3.05) is 0 Å². The van der Waals surface area contributed by atoms with E-state index in [2.05, 4.69) is 15.3 Å². The molecule has 2 heterocycles. The number of H-pyrrole nitrogens is 1. The summed E-state index contributed by atoms with van der Waals surface area (Å²) in [7, 11) is 0. The molecule has 0 aliphatic heterocycles. The summed E-state index contributed by atoms with van der Waals surface area (Å²) in [5.74, 6) is -0.651. The largest absolute Gasteiger partial charge is 0.434 e. The number of thiazole rings is 1. The predicted molar refractivity (Wildman–Crippen MR) is 79.4 cm³/mol. The number of carbonyl (C=O) groups excluding carboxylic acids is 1. The fourth-order valence-corrected chi connectivity index (χ4v) is 2.86. The van der Waals surface area contributed by atoms with Gasteiger partial charge in [-0.1, -0.05) is 6.92 Å². The highest BCUT2D eigenvalue weighted by molar-refractivity contribution is 7.09. The molecule has 0 saturated carbocycles. The Morgan fingerprint density at radius 1 is 1.43 bits per heavy atom. The zero-order valence-corrected chi connectivity index (χ0v) is 13.1. The molecule has 5 nitrogen and oxygen atoms in total. The molecular weight excluding hydrogens is 331 g/mol. The van der Waals surface area contributed by atoms with E-state index >= 15 is 0 Å². The number of halogens is 3. The third-order valence-electron chi connectivity index (χ3n) is 3.12. The van der Waals surface area contributed by atoms with Gasteiger partial charge in [-0.3, -0.25) is 9.59 Å². The molecule has 0 aromatic carbocycles. The Bertz CT molecular complexity index is 767. The van der Waals surface area contributed by atoms with Gasteiger partial charge in [-0.15, -0.1) is 11.3 Å². The number of nitrogens with zero attached hydrogens (tertiary/aromatic N) is 1. The van der Waals surface area contributed by atoms with Crippen LogP contribution in [0.2, 0.25) is 0 Å². The number of aryl methyl sites for hydroxylation is 1. The quantitative estimate of drug-likeness (QED) is 0.894. The second-order valence-electron chi connectivity index (χ2n) is 4.89. The van der Waals surface area contributed by atoms with Crippen molar-refractivity contribution >= 4 is 17.2 Å². The number of carbonyl (C=O) groups is 1. The van der Waals surface area contributed by atoms with Gasteiger partial charge in [-0.05, 0) is 25.5 Å². The van der Waals surface area contributed by atoms with Gasteiger partial charge in [-0.25, -0.2) is 4.98 Å². The lowest BCUT2D eigenvalue weighted by atomic mass is 10.2. The van der Waals surface area contributed by atoms with Gasteiger partial charge in [-0.2, -0.15) is 13.2 Å². The minimum absolute atomic E-state index is 0.0957. The van der Waals surface area contributed by atoms with Crippen LogP contribution in [-0.2, 0) is 6.18 Å². The normalized spacial score (nSPS) is 12.9. The Hall–Kier alpha value is -2.16. The van der Waals surface area contributed by atoms with Gasteiger partial charge >= 0.3 is 6.18 Å². The maximum Gasteiger partial charge on any atom is 0.434 e. The SMILES string of the molecule is CC[C@H](NC(=O)c1ccc(C)[nH]c1=O)c1nc(C(F)(F)F)cs1. The van der Waals surface area contributed by atoms with Gasteiger partial charge in [0, 0.05) is 11.1 Å². The monoisotopic (exact) mass is 345 g/mol. The zero-order valence-electron chi connectivity index (χ0n) is 12.3. The zero-order chi connectivity index (χ0) is 17.2. The summed E-state index contributed by atoms with van der Waals surface area (Å²) in [4.78, 5) is 29.9. The molecule has 0 aliphatic rings. The van der Waals surface area contributed by atoms with E-state index in [4.69, 9.17) is 0 Å². The first-order valence-electron chi connectivity index (χ1n) is 6.75. The van der Waals surface area contributed by atoms with Crippen LogP contribution in [0.25, 0.3) is 0 Å². The summed E-state index contributed by atoms with van der Waals surface area (Å²) >= 11 is 0.821. The van der Waals surface area contributed by atoms with E-state index in [0.29, 0.717) is 12.1 Å². The highest BCUT2D eigenvalue weighted by Crippen LogP contribution is 2.32. The molecule has 2 N–H and O–H groups in total. The number of alkyl halides is 3. The van der Waals surface area contributed by atoms with E-state index in [-0.39, 0.29) is 10.6 Å². The molecule has 0 bridgehead atoms. The summed E-state index contributed by atoms with van der Waals surface area (Å²) in [6.45, 7) is 3.38. The van der Waals surface area contributed by atoms with Gasteiger partial charge in [0.15, 0.2) is 5.69 Å². The molecule has 2 aromatic heterocycles. The molecule has 0 fully saturated rings. The molecule has 1 atom stereocenters. The van der Waals surface area contributed by atoms with Gasteiger partial charge in [0.25, 0.3) is 11.5 Å². The molecule has 1 amide bonds. The average molecular weight is 345 g/mol. The number of aromatic amines is 1. The minimum Gasteiger partial charge on any atom is -0.343 e. The molecule has 0 aliphatic carbocycles. The molecule has 0 spiro atoms. The van der Waals surface area contributed by atoms with E-state index in [0.717, 1.165) is 16.7 Å². The maximum absolute atomic E-state index is 12.6. The van der Waals surface area contributed by atoms with Crippen molar-refractivity contribution in [3.63, 3.8) is 0 Å². The number of hydrogen-bond donors (Lipinski definition) is 2. The van der Waals surface area contributed by atoms with Crippen LogP contribution < -0.4 is 10.9 Å². The van der Waals surface area contributed by atoms with Crippen LogP contribution >= 0.6 is 11.3 Å². The van der Waals surface area contributed by atoms with Gasteiger partial charge < -0.3 is 10.3 Å². The Labute approximate surface area is 133 Å². The van der Waals surface area contributed by atoms with Crippen molar-refractivity contribution < 1.29 is 18.0 Å². The van der Waals surface area contributed by atoms with E-state index in [1.165, 1.54) is 6.07 Å². The molecule has 23 heavy (non-hydrogen) atoms. The Morgan fingerprint density at radius 3 is 2.65 bits per heavy atom. The number of amides is 1. The van der Waals surface area contributed by atoms with Crippen LogP contribution in [0.15, 0.2) is 22.3 Å². The number of hydrogen-bond acceptors (Lipinski definition) is 4. The van der Waals surface area contributed by atoms with Crippen LogP contribution in [0.4, 0.5) is 13.2 Å². The smallest absolute Gasteiger partial charge is 0.343 e. The lowest BCUT2D eigenvalue weighted by Gasteiger charge is -2.14. The third kappa shape index (κ3) is 3.98. The fourth-order valence-electron chi connectivity index (χ4n) is 1.90. The van der Waals surface area contributed by atoms with Crippen molar-refractivity contribution in [3.8, 4) is 0 Å². The molecule has 124 valence electrons. The summed E-state index contributed by atoms with van der Waals surface area (Å²) in [5.41, 5.74) is -1.03. The van der Waals surface area contributed by atoms with Crippen molar-refractivity contribution in [1.82, 2.24) is 15.3 Å². The third-order valence-corrected chi connectivity index (χ3v) is 4.08. The van der Waals surface area contributed by atoms with E-state index < -0.39 is 29.4 Å². The van der Waals surface area contributed by atoms with E-state index in [9.17, 15) is 22.8 Å². The van der Waals surface area contributed by atoms with E-state index in [1.807, 2.05) is 0 Å². The summed E-state index contributed by atoms with van der Waals surface area (Å²) in [6, 6.07) is 2.26. The van der Waals surface area contributed by atoms with Crippen molar-refractivity contribution in [2.45, 2.75) is 32.5 Å². The van der Waals surface area contributed by atoms with Crippen molar-refractivity contribution in [1.29, 1.82) is 0 Å². The fraction of sp³-hybridized carbons (Fsp3) is 0.357.